The zero-order valence-corrected chi connectivity index (χ0v) is 15.6. The number of carbonyl (C=O) groups excluding carboxylic acids is 1. The molecule has 0 bridgehead atoms. The first-order valence-electron chi connectivity index (χ1n) is 8.29. The van der Waals surface area contributed by atoms with E-state index in [1.54, 1.807) is 7.11 Å². The van der Waals surface area contributed by atoms with Gasteiger partial charge >= 0.3 is 0 Å². The molecule has 0 atom stereocenters. The number of nitrogens with zero attached hydrogens (tertiary/aromatic N) is 3. The molecule has 2 aromatic carbocycles. The van der Waals surface area contributed by atoms with Crippen LogP contribution in [0.4, 0.5) is 5.13 Å². The van der Waals surface area contributed by atoms with Crippen molar-refractivity contribution in [2.75, 3.05) is 12.4 Å². The molecule has 7 heteroatoms. The highest BCUT2D eigenvalue weighted by Gasteiger charge is 2.15. The molecule has 0 aliphatic heterocycles. The summed E-state index contributed by atoms with van der Waals surface area (Å²) in [6, 6.07) is 15.1. The van der Waals surface area contributed by atoms with Gasteiger partial charge in [0.15, 0.2) is 5.13 Å². The van der Waals surface area contributed by atoms with Crippen LogP contribution in [0.25, 0.3) is 22.3 Å². The molecule has 0 fully saturated rings. The summed E-state index contributed by atoms with van der Waals surface area (Å²) in [5.74, 6) is 0.457. The van der Waals surface area contributed by atoms with Crippen LogP contribution >= 0.6 is 11.3 Å². The zero-order chi connectivity index (χ0) is 18.8. The summed E-state index contributed by atoms with van der Waals surface area (Å²) >= 11 is 1.42. The van der Waals surface area contributed by atoms with Crippen LogP contribution < -0.4 is 10.1 Å². The fraction of sp³-hybridized carbons (Fsp3) is 0.100. The van der Waals surface area contributed by atoms with E-state index in [2.05, 4.69) is 20.3 Å². The summed E-state index contributed by atoms with van der Waals surface area (Å²) < 4.78 is 5.18. The Morgan fingerprint density at radius 2 is 1.78 bits per heavy atom. The lowest BCUT2D eigenvalue weighted by Crippen LogP contribution is -2.14. The molecule has 1 N–H and O–H groups in total. The number of anilines is 1. The van der Waals surface area contributed by atoms with Crippen molar-refractivity contribution in [2.45, 2.75) is 6.92 Å². The van der Waals surface area contributed by atoms with Gasteiger partial charge in [0, 0.05) is 10.4 Å². The maximum Gasteiger partial charge on any atom is 0.277 e. The number of nitrogens with one attached hydrogen (secondary N) is 1. The Labute approximate surface area is 159 Å². The minimum atomic E-state index is -0.330. The van der Waals surface area contributed by atoms with Gasteiger partial charge in [0.05, 0.1) is 30.0 Å². The van der Waals surface area contributed by atoms with Gasteiger partial charge < -0.3 is 4.74 Å². The molecule has 4 rings (SSSR count). The van der Waals surface area contributed by atoms with E-state index in [-0.39, 0.29) is 11.6 Å². The molecule has 0 aliphatic rings. The number of thiazole rings is 1. The minimum absolute atomic E-state index is 0.257. The van der Waals surface area contributed by atoms with Crippen LogP contribution in [0.15, 0.2) is 54.7 Å². The highest BCUT2D eigenvalue weighted by molar-refractivity contribution is 7.16. The third kappa shape index (κ3) is 3.50. The number of carbonyl (C=O) groups is 1. The molecule has 2 heterocycles. The lowest BCUT2D eigenvalue weighted by molar-refractivity contribution is 0.102. The molecule has 1 amide bonds. The second kappa shape index (κ2) is 7.13. The molecular formula is C20H16N4O2S. The van der Waals surface area contributed by atoms with E-state index in [1.807, 2.05) is 55.5 Å². The van der Waals surface area contributed by atoms with Crippen LogP contribution in [-0.2, 0) is 0 Å². The Hall–Kier alpha value is -3.32. The van der Waals surface area contributed by atoms with Gasteiger partial charge in [0.25, 0.3) is 5.91 Å². The van der Waals surface area contributed by atoms with E-state index in [0.717, 1.165) is 27.4 Å². The van der Waals surface area contributed by atoms with Crippen molar-refractivity contribution in [1.82, 2.24) is 15.0 Å². The SMILES string of the molecule is COc1ccc(-c2nc(NC(=O)c3cnc4ccccc4n3)sc2C)cc1. The topological polar surface area (TPSA) is 77.0 Å². The number of aromatic nitrogens is 3. The summed E-state index contributed by atoms with van der Waals surface area (Å²) in [5.41, 5.74) is 3.49. The average Bonchev–Trinajstić information content (AvgIpc) is 3.07. The molecular weight excluding hydrogens is 360 g/mol. The van der Waals surface area contributed by atoms with Crippen LogP contribution in [0.2, 0.25) is 0 Å². The number of fused-ring (bicyclic) bond motifs is 1. The van der Waals surface area contributed by atoms with Gasteiger partial charge in [0.1, 0.15) is 11.4 Å². The predicted octanol–water partition coefficient (Wildman–Crippen LogP) is 4.32. The lowest BCUT2D eigenvalue weighted by Gasteiger charge is -2.03. The number of para-hydroxylation sites is 2. The van der Waals surface area contributed by atoms with E-state index < -0.39 is 0 Å². The zero-order valence-electron chi connectivity index (χ0n) is 14.8. The Kier molecular flexibility index (Phi) is 4.52. The third-order valence-electron chi connectivity index (χ3n) is 4.06. The van der Waals surface area contributed by atoms with Gasteiger partial charge in [-0.05, 0) is 43.3 Å². The molecule has 0 unspecified atom stereocenters. The molecule has 134 valence electrons. The summed E-state index contributed by atoms with van der Waals surface area (Å²) in [7, 11) is 1.63. The van der Waals surface area contributed by atoms with Gasteiger partial charge in [-0.1, -0.05) is 12.1 Å². The second-order valence-corrected chi connectivity index (χ2v) is 7.05. The van der Waals surface area contributed by atoms with Crippen LogP contribution in [0, 0.1) is 6.92 Å². The van der Waals surface area contributed by atoms with Crippen molar-refractivity contribution in [3.05, 3.63) is 65.3 Å². The van der Waals surface area contributed by atoms with Crippen molar-refractivity contribution in [3.8, 4) is 17.0 Å². The maximum atomic E-state index is 12.5. The number of methoxy groups -OCH3 is 1. The number of hydrogen-bond acceptors (Lipinski definition) is 6. The standard InChI is InChI=1S/C20H16N4O2S/c1-12-18(13-7-9-14(26-2)10-8-13)23-20(27-12)24-19(25)17-11-21-15-5-3-4-6-16(15)22-17/h3-11H,1-2H3,(H,23,24,25). The first-order chi connectivity index (χ1) is 13.1. The van der Waals surface area contributed by atoms with Crippen molar-refractivity contribution in [2.24, 2.45) is 0 Å². The highest BCUT2D eigenvalue weighted by atomic mass is 32.1. The van der Waals surface area contributed by atoms with Crippen molar-refractivity contribution < 1.29 is 9.53 Å². The fourth-order valence-corrected chi connectivity index (χ4v) is 3.53. The largest absolute Gasteiger partial charge is 0.497 e. The van der Waals surface area contributed by atoms with E-state index in [1.165, 1.54) is 17.5 Å². The Balaban J connectivity index is 1.57. The minimum Gasteiger partial charge on any atom is -0.497 e. The monoisotopic (exact) mass is 376 g/mol. The normalized spacial score (nSPS) is 10.7. The Morgan fingerprint density at radius 3 is 2.52 bits per heavy atom. The average molecular weight is 376 g/mol. The molecule has 6 nitrogen and oxygen atoms in total. The van der Waals surface area contributed by atoms with Crippen molar-refractivity contribution in [3.63, 3.8) is 0 Å². The molecule has 0 aliphatic carbocycles. The first kappa shape index (κ1) is 17.1. The van der Waals surface area contributed by atoms with Gasteiger partial charge in [-0.15, -0.1) is 11.3 Å². The molecule has 2 aromatic heterocycles. The summed E-state index contributed by atoms with van der Waals surface area (Å²) in [6.45, 7) is 1.97. The van der Waals surface area contributed by atoms with Crippen LogP contribution in [-0.4, -0.2) is 28.0 Å². The van der Waals surface area contributed by atoms with E-state index in [0.29, 0.717) is 10.6 Å². The molecule has 4 aromatic rings. The molecule has 0 saturated heterocycles. The third-order valence-corrected chi connectivity index (χ3v) is 4.95. The number of ether oxygens (including phenoxy) is 1. The Bertz CT molecular complexity index is 1120. The van der Waals surface area contributed by atoms with Crippen LogP contribution in [0.1, 0.15) is 15.4 Å². The van der Waals surface area contributed by atoms with E-state index in [9.17, 15) is 4.79 Å². The summed E-state index contributed by atoms with van der Waals surface area (Å²) in [5, 5.41) is 3.34. The summed E-state index contributed by atoms with van der Waals surface area (Å²) in [4.78, 5) is 26.8. The van der Waals surface area contributed by atoms with Crippen LogP contribution in [0.5, 0.6) is 5.75 Å². The number of amides is 1. The number of aryl methyl sites for hydroxylation is 1. The van der Waals surface area contributed by atoms with Gasteiger partial charge in [0.2, 0.25) is 0 Å². The molecule has 27 heavy (non-hydrogen) atoms. The number of hydrogen-bond donors (Lipinski definition) is 1. The second-order valence-electron chi connectivity index (χ2n) is 5.85. The molecule has 0 spiro atoms. The van der Waals surface area contributed by atoms with Gasteiger partial charge in [-0.3, -0.25) is 15.1 Å². The summed E-state index contributed by atoms with van der Waals surface area (Å²) in [6.07, 6.45) is 1.47. The van der Waals surface area contributed by atoms with E-state index >= 15 is 0 Å². The smallest absolute Gasteiger partial charge is 0.277 e. The van der Waals surface area contributed by atoms with Crippen molar-refractivity contribution >= 4 is 33.4 Å². The van der Waals surface area contributed by atoms with Gasteiger partial charge in [-0.2, -0.15) is 0 Å². The maximum absolute atomic E-state index is 12.5. The quantitative estimate of drug-likeness (QED) is 0.574. The van der Waals surface area contributed by atoms with Crippen molar-refractivity contribution in [1.29, 1.82) is 0 Å². The predicted molar refractivity (Wildman–Crippen MR) is 106 cm³/mol. The highest BCUT2D eigenvalue weighted by Crippen LogP contribution is 2.31. The number of rotatable bonds is 4. The lowest BCUT2D eigenvalue weighted by atomic mass is 10.1. The molecule has 0 saturated carbocycles. The van der Waals surface area contributed by atoms with Gasteiger partial charge in [-0.25, -0.2) is 9.97 Å². The van der Waals surface area contributed by atoms with Crippen LogP contribution in [0.3, 0.4) is 0 Å². The fourth-order valence-electron chi connectivity index (χ4n) is 2.69. The number of benzene rings is 2. The van der Waals surface area contributed by atoms with E-state index in [4.69, 9.17) is 4.74 Å². The first-order valence-corrected chi connectivity index (χ1v) is 9.10. The Morgan fingerprint density at radius 1 is 1.04 bits per heavy atom. The molecule has 0 radical (unpaired) electrons.